The van der Waals surface area contributed by atoms with E-state index in [0.717, 1.165) is 0 Å². The van der Waals surface area contributed by atoms with Gasteiger partial charge < -0.3 is 29.2 Å². The topological polar surface area (TPSA) is 138 Å². The van der Waals surface area contributed by atoms with Gasteiger partial charge in [0.15, 0.2) is 0 Å². The van der Waals surface area contributed by atoms with Crippen molar-refractivity contribution in [1.82, 2.24) is 0 Å². The Kier molecular flexibility index (Phi) is 6.12. The van der Waals surface area contributed by atoms with Crippen molar-refractivity contribution in [3.05, 3.63) is 75.2 Å². The molecule has 1 unspecified atom stereocenters. The maximum atomic E-state index is 12.1. The number of benzene rings is 2. The summed E-state index contributed by atoms with van der Waals surface area (Å²) in [5, 5.41) is 32.3. The Balaban J connectivity index is 2.35. The van der Waals surface area contributed by atoms with Crippen LogP contribution in [0.5, 0.6) is 17.2 Å². The number of hydrogen-bond acceptors (Lipinski definition) is 8. The van der Waals surface area contributed by atoms with Crippen LogP contribution in [0.3, 0.4) is 0 Å². The Morgan fingerprint density at radius 2 is 1.52 bits per heavy atom. The van der Waals surface area contributed by atoms with Crippen molar-refractivity contribution in [2.75, 3.05) is 21.3 Å². The summed E-state index contributed by atoms with van der Waals surface area (Å²) in [6, 6.07) is 10.4. The van der Waals surface area contributed by atoms with Gasteiger partial charge in [-0.3, -0.25) is 10.1 Å². The van der Waals surface area contributed by atoms with Crippen LogP contribution in [0.2, 0.25) is 0 Å². The minimum Gasteiger partial charge on any atom is -0.497 e. The van der Waals surface area contributed by atoms with E-state index < -0.39 is 28.6 Å². The minimum atomic E-state index is -1.91. The Morgan fingerprint density at radius 3 is 1.97 bits per heavy atom. The number of carboxylic acid groups (broad SMARTS) is 1. The third-order valence-electron chi connectivity index (χ3n) is 4.61. The summed E-state index contributed by atoms with van der Waals surface area (Å²) in [6.45, 7) is 0. The molecule has 0 saturated carbocycles. The van der Waals surface area contributed by atoms with Crippen molar-refractivity contribution in [3.63, 3.8) is 0 Å². The average molecular weight is 429 g/mol. The lowest BCUT2D eigenvalue weighted by Crippen LogP contribution is -2.27. The molecule has 1 atom stereocenters. The molecule has 0 radical (unpaired) electrons. The van der Waals surface area contributed by atoms with Gasteiger partial charge in [-0.25, -0.2) is 4.79 Å². The van der Waals surface area contributed by atoms with Gasteiger partial charge in [0.2, 0.25) is 12.0 Å². The number of carbonyl (C=O) groups is 1. The molecule has 1 aliphatic rings. The Hall–Kier alpha value is -4.05. The van der Waals surface area contributed by atoms with Crippen LogP contribution in [0.25, 0.3) is 11.1 Å². The number of ether oxygens (including phenoxy) is 4. The van der Waals surface area contributed by atoms with Crippen molar-refractivity contribution in [2.45, 2.75) is 6.29 Å². The predicted molar refractivity (Wildman–Crippen MR) is 108 cm³/mol. The first-order valence-electron chi connectivity index (χ1n) is 8.89. The Morgan fingerprint density at radius 1 is 0.968 bits per heavy atom. The van der Waals surface area contributed by atoms with Crippen LogP contribution in [-0.4, -0.2) is 48.7 Å². The number of hydrogen-bond donors (Lipinski definition) is 2. The Bertz CT molecular complexity index is 1060. The SMILES string of the molecule is COc1ccc(C2=C(C(=O)O)OC(O)C(c3cc(OC)cc(OC)c3)=C2[N+](=O)[O-])cc1. The molecule has 1 aliphatic heterocycles. The number of rotatable bonds is 7. The first-order chi connectivity index (χ1) is 14.8. The molecule has 0 saturated heterocycles. The van der Waals surface area contributed by atoms with Crippen LogP contribution >= 0.6 is 0 Å². The highest BCUT2D eigenvalue weighted by Crippen LogP contribution is 2.42. The number of aliphatic hydroxyl groups is 1. The van der Waals surface area contributed by atoms with E-state index in [1.807, 2.05) is 0 Å². The molecular weight excluding hydrogens is 410 g/mol. The van der Waals surface area contributed by atoms with E-state index in [4.69, 9.17) is 18.9 Å². The smallest absolute Gasteiger partial charge is 0.372 e. The first-order valence-corrected chi connectivity index (χ1v) is 8.89. The van der Waals surface area contributed by atoms with E-state index in [0.29, 0.717) is 17.2 Å². The molecule has 10 heteroatoms. The summed E-state index contributed by atoms with van der Waals surface area (Å²) in [6.07, 6.45) is -1.91. The summed E-state index contributed by atoms with van der Waals surface area (Å²) in [5.74, 6) is -1.21. The van der Waals surface area contributed by atoms with Gasteiger partial charge in [0.1, 0.15) is 28.4 Å². The van der Waals surface area contributed by atoms with Crippen molar-refractivity contribution in [2.24, 2.45) is 0 Å². The monoisotopic (exact) mass is 429 g/mol. The van der Waals surface area contributed by atoms with E-state index in [-0.39, 0.29) is 22.3 Å². The molecule has 0 amide bonds. The molecule has 3 rings (SSSR count). The van der Waals surface area contributed by atoms with Gasteiger partial charge in [-0.05, 0) is 35.4 Å². The van der Waals surface area contributed by atoms with Gasteiger partial charge in [0, 0.05) is 6.07 Å². The van der Waals surface area contributed by atoms with Crippen molar-refractivity contribution in [1.29, 1.82) is 0 Å². The molecule has 2 N–H and O–H groups in total. The number of carboxylic acids is 1. The summed E-state index contributed by atoms with van der Waals surface area (Å²) in [7, 11) is 4.26. The quantitative estimate of drug-likeness (QED) is 0.502. The highest BCUT2D eigenvalue weighted by Gasteiger charge is 2.41. The van der Waals surface area contributed by atoms with Gasteiger partial charge in [0.25, 0.3) is 5.70 Å². The fourth-order valence-corrected chi connectivity index (χ4v) is 3.20. The molecule has 1 heterocycles. The molecule has 0 aromatic heterocycles. The minimum absolute atomic E-state index is 0.172. The van der Waals surface area contributed by atoms with E-state index in [9.17, 15) is 25.1 Å². The molecular formula is C21H19NO9. The largest absolute Gasteiger partial charge is 0.497 e. The zero-order chi connectivity index (χ0) is 22.7. The Labute approximate surface area is 176 Å². The third kappa shape index (κ3) is 4.14. The van der Waals surface area contributed by atoms with Crippen molar-refractivity contribution < 1.29 is 38.9 Å². The van der Waals surface area contributed by atoms with E-state index in [1.165, 1.54) is 57.7 Å². The number of nitro groups is 1. The van der Waals surface area contributed by atoms with Crippen LogP contribution in [0.1, 0.15) is 11.1 Å². The average Bonchev–Trinajstić information content (AvgIpc) is 2.77. The molecule has 2 aromatic carbocycles. The zero-order valence-corrected chi connectivity index (χ0v) is 16.8. The summed E-state index contributed by atoms with van der Waals surface area (Å²) in [4.78, 5) is 23.2. The van der Waals surface area contributed by atoms with Crippen LogP contribution in [0.4, 0.5) is 0 Å². The van der Waals surface area contributed by atoms with Gasteiger partial charge >= 0.3 is 5.97 Å². The molecule has 0 fully saturated rings. The van der Waals surface area contributed by atoms with Gasteiger partial charge in [-0.15, -0.1) is 0 Å². The fourth-order valence-electron chi connectivity index (χ4n) is 3.20. The highest BCUT2D eigenvalue weighted by molar-refractivity contribution is 6.02. The van der Waals surface area contributed by atoms with Crippen molar-refractivity contribution >= 4 is 17.1 Å². The number of aliphatic hydroxyl groups excluding tert-OH is 1. The zero-order valence-electron chi connectivity index (χ0n) is 16.8. The lowest BCUT2D eigenvalue weighted by molar-refractivity contribution is -0.417. The molecule has 2 aromatic rings. The molecule has 31 heavy (non-hydrogen) atoms. The predicted octanol–water partition coefficient (Wildman–Crippen LogP) is 2.54. The summed E-state index contributed by atoms with van der Waals surface area (Å²) in [5.41, 5.74) is -0.771. The summed E-state index contributed by atoms with van der Waals surface area (Å²) < 4.78 is 20.7. The van der Waals surface area contributed by atoms with E-state index >= 15 is 0 Å². The van der Waals surface area contributed by atoms with Crippen molar-refractivity contribution in [3.8, 4) is 17.2 Å². The number of methoxy groups -OCH3 is 3. The lowest BCUT2D eigenvalue weighted by atomic mass is 9.91. The third-order valence-corrected chi connectivity index (χ3v) is 4.61. The maximum Gasteiger partial charge on any atom is 0.372 e. The molecule has 0 spiro atoms. The number of nitrogens with zero attached hydrogens (tertiary/aromatic N) is 1. The maximum absolute atomic E-state index is 12.1. The van der Waals surface area contributed by atoms with Crippen LogP contribution in [0.15, 0.2) is 53.9 Å². The van der Waals surface area contributed by atoms with Crippen LogP contribution in [-0.2, 0) is 9.53 Å². The second-order valence-corrected chi connectivity index (χ2v) is 6.33. The molecule has 10 nitrogen and oxygen atoms in total. The van der Waals surface area contributed by atoms with Gasteiger partial charge in [-0.2, -0.15) is 0 Å². The molecule has 162 valence electrons. The fraction of sp³-hybridized carbons (Fsp3) is 0.190. The molecule has 0 aliphatic carbocycles. The normalized spacial score (nSPS) is 15.9. The summed E-state index contributed by atoms with van der Waals surface area (Å²) >= 11 is 0. The number of allylic oxidation sites excluding steroid dienone is 1. The second-order valence-electron chi connectivity index (χ2n) is 6.33. The number of aliphatic carboxylic acids is 1. The lowest BCUT2D eigenvalue weighted by Gasteiger charge is -2.25. The van der Waals surface area contributed by atoms with Gasteiger partial charge in [-0.1, -0.05) is 12.1 Å². The second kappa shape index (κ2) is 8.76. The van der Waals surface area contributed by atoms with E-state index in [2.05, 4.69) is 0 Å². The van der Waals surface area contributed by atoms with Crippen LogP contribution in [0, 0.1) is 10.1 Å². The first kappa shape index (κ1) is 21.7. The molecule has 0 bridgehead atoms. The standard InChI is InChI=1S/C21H19NO9/c1-28-13-6-4-11(5-7-13)16-18(22(26)27)17(21(25)31-19(16)20(23)24)12-8-14(29-2)10-15(9-12)30-3/h4-10,21,25H,1-3H3,(H,23,24). The highest BCUT2D eigenvalue weighted by atomic mass is 16.6. The van der Waals surface area contributed by atoms with Crippen LogP contribution < -0.4 is 14.2 Å². The van der Waals surface area contributed by atoms with Gasteiger partial charge in [0.05, 0.1) is 26.3 Å². The van der Waals surface area contributed by atoms with E-state index in [1.54, 1.807) is 6.07 Å².